The lowest BCUT2D eigenvalue weighted by Gasteiger charge is -2.11. The molecule has 4 N–H and O–H groups in total. The summed E-state index contributed by atoms with van der Waals surface area (Å²) in [5, 5.41) is 6.93. The predicted octanol–water partition coefficient (Wildman–Crippen LogP) is 2.63. The molecule has 0 saturated heterocycles. The number of hydrogen-bond acceptors (Lipinski definition) is 6. The summed E-state index contributed by atoms with van der Waals surface area (Å²) < 4.78 is 10.5. The molecule has 0 heterocycles. The zero-order valence-electron chi connectivity index (χ0n) is 15.2. The number of carbonyl (C=O) groups is 1. The van der Waals surface area contributed by atoms with E-state index in [4.69, 9.17) is 15.2 Å². The number of hydrazone groups is 1. The average molecular weight is 356 g/mol. The molecule has 26 heavy (non-hydrogen) atoms. The summed E-state index contributed by atoms with van der Waals surface area (Å²) in [6.07, 6.45) is 0.746. The van der Waals surface area contributed by atoms with Crippen LogP contribution in [0.15, 0.2) is 47.6 Å². The van der Waals surface area contributed by atoms with Crippen molar-refractivity contribution < 1.29 is 14.3 Å². The summed E-state index contributed by atoms with van der Waals surface area (Å²) in [4.78, 5) is 12.3. The normalized spacial score (nSPS) is 11.0. The Bertz CT molecular complexity index is 790. The highest BCUT2D eigenvalue weighted by molar-refractivity contribution is 6.42. The van der Waals surface area contributed by atoms with Crippen molar-refractivity contribution in [2.45, 2.75) is 13.3 Å². The van der Waals surface area contributed by atoms with Crippen LogP contribution in [-0.4, -0.2) is 32.4 Å². The maximum absolute atomic E-state index is 12.3. The summed E-state index contributed by atoms with van der Waals surface area (Å²) in [6.45, 7) is 2.17. The Morgan fingerprint density at radius 2 is 1.77 bits per heavy atom. The number of nitrogens with one attached hydrogen (secondary N) is 2. The molecular weight excluding hydrogens is 332 g/mol. The molecule has 1 amide bonds. The number of para-hydroxylation sites is 2. The molecule has 2 rings (SSSR count). The molecule has 0 unspecified atom stereocenters. The number of methoxy groups -OCH3 is 2. The number of ether oxygens (including phenoxy) is 2. The lowest BCUT2D eigenvalue weighted by Crippen LogP contribution is -2.21. The first-order valence-corrected chi connectivity index (χ1v) is 8.20. The van der Waals surface area contributed by atoms with Crippen LogP contribution in [0.2, 0.25) is 0 Å². The number of nitrogens with zero attached hydrogens (tertiary/aromatic N) is 1. The summed E-state index contributed by atoms with van der Waals surface area (Å²) in [6, 6.07) is 12.9. The van der Waals surface area contributed by atoms with Crippen LogP contribution >= 0.6 is 0 Å². The van der Waals surface area contributed by atoms with E-state index in [0.717, 1.165) is 12.0 Å². The zero-order chi connectivity index (χ0) is 18.9. The lowest BCUT2D eigenvalue weighted by molar-refractivity contribution is -0.110. The molecule has 0 aliphatic rings. The van der Waals surface area contributed by atoms with Gasteiger partial charge in [-0.1, -0.05) is 18.2 Å². The maximum Gasteiger partial charge on any atom is 0.271 e. The van der Waals surface area contributed by atoms with E-state index in [1.165, 1.54) is 0 Å². The van der Waals surface area contributed by atoms with E-state index in [2.05, 4.69) is 15.8 Å². The molecule has 138 valence electrons. The zero-order valence-corrected chi connectivity index (χ0v) is 15.2. The van der Waals surface area contributed by atoms with Crippen LogP contribution in [-0.2, 0) is 11.2 Å². The Labute approximate surface area is 153 Å². The molecule has 0 bridgehead atoms. The SMILES string of the molecule is COc1ccc(CCN)cc1N/N=C(/C)C(=O)Nc1ccccc1OC. The van der Waals surface area contributed by atoms with Crippen molar-refractivity contribution in [3.8, 4) is 11.5 Å². The van der Waals surface area contributed by atoms with Gasteiger partial charge in [0.15, 0.2) is 0 Å². The Kier molecular flexibility index (Phi) is 6.99. The van der Waals surface area contributed by atoms with Gasteiger partial charge >= 0.3 is 0 Å². The number of rotatable bonds is 8. The first kappa shape index (κ1) is 19.3. The highest BCUT2D eigenvalue weighted by atomic mass is 16.5. The van der Waals surface area contributed by atoms with Gasteiger partial charge in [-0.3, -0.25) is 10.2 Å². The first-order chi connectivity index (χ1) is 12.6. The third-order valence-electron chi connectivity index (χ3n) is 3.72. The Morgan fingerprint density at radius 1 is 1.08 bits per heavy atom. The molecule has 0 aromatic heterocycles. The minimum atomic E-state index is -0.334. The lowest BCUT2D eigenvalue weighted by atomic mass is 10.1. The van der Waals surface area contributed by atoms with Gasteiger partial charge in [-0.05, 0) is 49.7 Å². The van der Waals surface area contributed by atoms with E-state index < -0.39 is 0 Å². The van der Waals surface area contributed by atoms with Gasteiger partial charge in [0.25, 0.3) is 5.91 Å². The summed E-state index contributed by atoms with van der Waals surface area (Å²) in [7, 11) is 3.13. The number of amides is 1. The topological polar surface area (TPSA) is 98.0 Å². The highest BCUT2D eigenvalue weighted by Crippen LogP contribution is 2.26. The molecule has 2 aromatic rings. The van der Waals surface area contributed by atoms with Gasteiger partial charge in [-0.2, -0.15) is 5.10 Å². The first-order valence-electron chi connectivity index (χ1n) is 8.20. The van der Waals surface area contributed by atoms with Gasteiger partial charge in [0.2, 0.25) is 0 Å². The molecule has 0 radical (unpaired) electrons. The molecule has 0 spiro atoms. The Morgan fingerprint density at radius 3 is 2.46 bits per heavy atom. The van der Waals surface area contributed by atoms with Crippen LogP contribution < -0.4 is 25.9 Å². The van der Waals surface area contributed by atoms with Crippen LogP contribution in [0.4, 0.5) is 11.4 Å². The quantitative estimate of drug-likeness (QED) is 0.499. The summed E-state index contributed by atoms with van der Waals surface area (Å²) in [5.41, 5.74) is 11.1. The molecule has 0 atom stereocenters. The molecule has 2 aromatic carbocycles. The third kappa shape index (κ3) is 4.97. The third-order valence-corrected chi connectivity index (χ3v) is 3.72. The fourth-order valence-electron chi connectivity index (χ4n) is 2.32. The van der Waals surface area contributed by atoms with Crippen LogP contribution in [0.25, 0.3) is 0 Å². The van der Waals surface area contributed by atoms with Gasteiger partial charge < -0.3 is 20.5 Å². The van der Waals surface area contributed by atoms with E-state index >= 15 is 0 Å². The number of nitrogens with two attached hydrogens (primary N) is 1. The summed E-state index contributed by atoms with van der Waals surface area (Å²) >= 11 is 0. The second kappa shape index (κ2) is 9.43. The van der Waals surface area contributed by atoms with Gasteiger partial charge in [-0.15, -0.1) is 0 Å². The average Bonchev–Trinajstić information content (AvgIpc) is 2.66. The van der Waals surface area contributed by atoms with Gasteiger partial charge in [0.1, 0.15) is 17.2 Å². The molecular formula is C19H24N4O3. The number of anilines is 2. The smallest absolute Gasteiger partial charge is 0.271 e. The van der Waals surface area contributed by atoms with Crippen molar-refractivity contribution in [3.63, 3.8) is 0 Å². The second-order valence-corrected chi connectivity index (χ2v) is 5.54. The molecule has 7 nitrogen and oxygen atoms in total. The largest absolute Gasteiger partial charge is 0.495 e. The van der Waals surface area contributed by atoms with Crippen molar-refractivity contribution >= 4 is 23.0 Å². The van der Waals surface area contributed by atoms with Crippen LogP contribution in [0.3, 0.4) is 0 Å². The van der Waals surface area contributed by atoms with E-state index in [0.29, 0.717) is 29.4 Å². The molecule has 0 aliphatic carbocycles. The van der Waals surface area contributed by atoms with Crippen molar-refractivity contribution in [2.24, 2.45) is 10.8 Å². The fourth-order valence-corrected chi connectivity index (χ4v) is 2.32. The van der Waals surface area contributed by atoms with Crippen molar-refractivity contribution in [3.05, 3.63) is 48.0 Å². The van der Waals surface area contributed by atoms with Crippen LogP contribution in [0.5, 0.6) is 11.5 Å². The number of benzene rings is 2. The monoisotopic (exact) mass is 356 g/mol. The molecule has 0 saturated carbocycles. The number of carbonyl (C=O) groups excluding carboxylic acids is 1. The maximum atomic E-state index is 12.3. The Hall–Kier alpha value is -3.06. The van der Waals surface area contributed by atoms with E-state index in [1.807, 2.05) is 30.3 Å². The minimum absolute atomic E-state index is 0.266. The number of hydrogen-bond donors (Lipinski definition) is 3. The highest BCUT2D eigenvalue weighted by Gasteiger charge is 2.11. The van der Waals surface area contributed by atoms with E-state index in [-0.39, 0.29) is 11.6 Å². The van der Waals surface area contributed by atoms with E-state index in [9.17, 15) is 4.79 Å². The van der Waals surface area contributed by atoms with Crippen molar-refractivity contribution in [2.75, 3.05) is 31.5 Å². The van der Waals surface area contributed by atoms with Crippen LogP contribution in [0.1, 0.15) is 12.5 Å². The predicted molar refractivity (Wildman–Crippen MR) is 104 cm³/mol. The van der Waals surface area contributed by atoms with E-state index in [1.54, 1.807) is 33.3 Å². The second-order valence-electron chi connectivity index (χ2n) is 5.54. The minimum Gasteiger partial charge on any atom is -0.495 e. The van der Waals surface area contributed by atoms with Crippen molar-refractivity contribution in [1.29, 1.82) is 0 Å². The van der Waals surface area contributed by atoms with Gasteiger partial charge in [-0.25, -0.2) is 0 Å². The molecule has 0 fully saturated rings. The molecule has 0 aliphatic heterocycles. The standard InChI is InChI=1S/C19H24N4O3/c1-13(19(24)21-15-6-4-5-7-17(15)25-2)22-23-16-12-14(10-11-20)8-9-18(16)26-3/h4-9,12,23H,10-11,20H2,1-3H3,(H,21,24)/b22-13-. The van der Waals surface area contributed by atoms with Crippen LogP contribution in [0, 0.1) is 0 Å². The van der Waals surface area contributed by atoms with Crippen molar-refractivity contribution in [1.82, 2.24) is 0 Å². The Balaban J connectivity index is 2.12. The van der Waals surface area contributed by atoms with Gasteiger partial charge in [0.05, 0.1) is 25.6 Å². The summed E-state index contributed by atoms with van der Waals surface area (Å²) in [5.74, 6) is 0.879. The fraction of sp³-hybridized carbons (Fsp3) is 0.263. The molecule has 7 heteroatoms. The van der Waals surface area contributed by atoms with Gasteiger partial charge in [0, 0.05) is 0 Å².